The molecule has 1 atom stereocenters. The lowest BCUT2D eigenvalue weighted by Gasteiger charge is -2.30. The van der Waals surface area contributed by atoms with E-state index < -0.39 is 0 Å². The van der Waals surface area contributed by atoms with Gasteiger partial charge in [0.25, 0.3) is 0 Å². The molecule has 0 aromatic heterocycles. The number of hydrogen-bond donors (Lipinski definition) is 1. The number of hydrogen-bond acceptors (Lipinski definition) is 3. The number of ether oxygens (including phenoxy) is 1. The van der Waals surface area contributed by atoms with Gasteiger partial charge in [-0.15, -0.1) is 0 Å². The fraction of sp³-hybridized carbons (Fsp3) is 0.625. The molecule has 2 N–H and O–H groups in total. The molecule has 3 nitrogen and oxygen atoms in total. The molecule has 1 aliphatic rings. The number of nitrogens with two attached hydrogens (primary N) is 1. The molecule has 1 unspecified atom stereocenters. The van der Waals surface area contributed by atoms with E-state index in [0.29, 0.717) is 12.0 Å². The van der Waals surface area contributed by atoms with Crippen molar-refractivity contribution in [1.29, 1.82) is 0 Å². The van der Waals surface area contributed by atoms with Crippen LogP contribution in [0.15, 0.2) is 18.2 Å². The Morgan fingerprint density at radius 1 is 1.32 bits per heavy atom. The van der Waals surface area contributed by atoms with Crippen molar-refractivity contribution in [1.82, 2.24) is 0 Å². The van der Waals surface area contributed by atoms with Crippen LogP contribution < -0.4 is 15.4 Å². The summed E-state index contributed by atoms with van der Waals surface area (Å²) in [5.41, 5.74) is 8.57. The highest BCUT2D eigenvalue weighted by Crippen LogP contribution is 2.39. The van der Waals surface area contributed by atoms with Crippen LogP contribution >= 0.6 is 0 Å². The van der Waals surface area contributed by atoms with Crippen molar-refractivity contribution in [3.05, 3.63) is 23.8 Å². The lowest BCUT2D eigenvalue weighted by molar-refractivity contribution is 0.406. The second-order valence-electron chi connectivity index (χ2n) is 5.96. The van der Waals surface area contributed by atoms with Gasteiger partial charge in [0.15, 0.2) is 0 Å². The summed E-state index contributed by atoms with van der Waals surface area (Å²) in [6, 6.07) is 6.92. The van der Waals surface area contributed by atoms with E-state index in [1.54, 1.807) is 7.11 Å². The van der Waals surface area contributed by atoms with Crippen LogP contribution in [0.1, 0.15) is 45.2 Å². The van der Waals surface area contributed by atoms with Crippen LogP contribution in [0.2, 0.25) is 0 Å². The maximum absolute atomic E-state index is 6.17. The van der Waals surface area contributed by atoms with Crippen LogP contribution in [0.5, 0.6) is 5.75 Å². The molecule has 0 heterocycles. The maximum atomic E-state index is 6.17. The molecular weight excluding hydrogens is 236 g/mol. The molecule has 2 rings (SSSR count). The third-order valence-electron chi connectivity index (χ3n) is 3.58. The molecule has 0 spiro atoms. The van der Waals surface area contributed by atoms with Crippen molar-refractivity contribution in [2.45, 2.75) is 45.7 Å². The molecule has 1 saturated carbocycles. The third-order valence-corrected chi connectivity index (χ3v) is 3.58. The van der Waals surface area contributed by atoms with Gasteiger partial charge in [0.05, 0.1) is 7.11 Å². The Hall–Kier alpha value is -1.22. The summed E-state index contributed by atoms with van der Waals surface area (Å²) < 4.78 is 5.50. The van der Waals surface area contributed by atoms with Gasteiger partial charge in [-0.25, -0.2) is 0 Å². The first-order valence-electron chi connectivity index (χ1n) is 7.23. The van der Waals surface area contributed by atoms with Crippen LogP contribution in [0.3, 0.4) is 0 Å². The summed E-state index contributed by atoms with van der Waals surface area (Å²) in [6.45, 7) is 7.64. The summed E-state index contributed by atoms with van der Waals surface area (Å²) in [7, 11) is 1.72. The molecule has 1 aromatic rings. The average Bonchev–Trinajstić information content (AvgIpc) is 3.18. The van der Waals surface area contributed by atoms with Crippen LogP contribution in [-0.2, 0) is 0 Å². The summed E-state index contributed by atoms with van der Waals surface area (Å²) in [5, 5.41) is 0. The lowest BCUT2D eigenvalue weighted by Crippen LogP contribution is -2.31. The Morgan fingerprint density at radius 2 is 2.00 bits per heavy atom. The van der Waals surface area contributed by atoms with Gasteiger partial charge in [0.1, 0.15) is 5.75 Å². The first-order chi connectivity index (χ1) is 9.04. The van der Waals surface area contributed by atoms with E-state index in [-0.39, 0.29) is 6.04 Å². The fourth-order valence-corrected chi connectivity index (χ4v) is 2.64. The van der Waals surface area contributed by atoms with Gasteiger partial charge in [-0.3, -0.25) is 0 Å². The minimum atomic E-state index is -0.0143. The van der Waals surface area contributed by atoms with Gasteiger partial charge in [-0.05, 0) is 37.8 Å². The lowest BCUT2D eigenvalue weighted by atomic mass is 10.0. The second-order valence-corrected chi connectivity index (χ2v) is 5.96. The number of benzene rings is 1. The molecule has 0 aliphatic heterocycles. The van der Waals surface area contributed by atoms with E-state index in [0.717, 1.165) is 17.9 Å². The minimum absolute atomic E-state index is 0.0143. The molecule has 1 fully saturated rings. The highest BCUT2D eigenvalue weighted by molar-refractivity contribution is 5.62. The van der Waals surface area contributed by atoms with Crippen LogP contribution in [0.4, 0.5) is 5.69 Å². The Morgan fingerprint density at radius 3 is 2.47 bits per heavy atom. The van der Waals surface area contributed by atoms with Gasteiger partial charge in [0, 0.05) is 29.9 Å². The van der Waals surface area contributed by atoms with E-state index in [9.17, 15) is 0 Å². The molecule has 1 aliphatic carbocycles. The Kier molecular flexibility index (Phi) is 4.35. The molecule has 0 bridgehead atoms. The summed E-state index contributed by atoms with van der Waals surface area (Å²) in [5.74, 6) is 1.55. The maximum Gasteiger partial charge on any atom is 0.125 e. The highest BCUT2D eigenvalue weighted by Gasteiger charge is 2.31. The molecule has 0 radical (unpaired) electrons. The summed E-state index contributed by atoms with van der Waals surface area (Å²) in [6.07, 6.45) is 2.59. The molecule has 3 heteroatoms. The zero-order chi connectivity index (χ0) is 14.0. The SMILES string of the molecule is COc1cccc(N(CC(C)C)C2CC2)c1C(C)N. The highest BCUT2D eigenvalue weighted by atomic mass is 16.5. The number of methoxy groups -OCH3 is 1. The monoisotopic (exact) mass is 262 g/mol. The molecule has 0 saturated heterocycles. The normalized spacial score (nSPS) is 16.5. The molecular formula is C16H26N2O. The Labute approximate surface area is 116 Å². The van der Waals surface area contributed by atoms with E-state index in [4.69, 9.17) is 10.5 Å². The van der Waals surface area contributed by atoms with Crippen LogP contribution in [-0.4, -0.2) is 19.7 Å². The van der Waals surface area contributed by atoms with Crippen LogP contribution in [0.25, 0.3) is 0 Å². The van der Waals surface area contributed by atoms with Crippen molar-refractivity contribution < 1.29 is 4.74 Å². The largest absolute Gasteiger partial charge is 0.496 e. The standard InChI is InChI=1S/C16H26N2O/c1-11(2)10-18(13-8-9-13)14-6-5-7-15(19-4)16(14)12(3)17/h5-7,11-13H,8-10,17H2,1-4H3. The fourth-order valence-electron chi connectivity index (χ4n) is 2.64. The first kappa shape index (κ1) is 14.2. The molecule has 1 aromatic carbocycles. The topological polar surface area (TPSA) is 38.5 Å². The smallest absolute Gasteiger partial charge is 0.125 e. The zero-order valence-corrected chi connectivity index (χ0v) is 12.5. The number of rotatable bonds is 6. The third kappa shape index (κ3) is 3.21. The van der Waals surface area contributed by atoms with Crippen molar-refractivity contribution in [2.75, 3.05) is 18.6 Å². The minimum Gasteiger partial charge on any atom is -0.496 e. The molecule has 0 amide bonds. The van der Waals surface area contributed by atoms with Crippen LogP contribution in [0, 0.1) is 5.92 Å². The van der Waals surface area contributed by atoms with Gasteiger partial charge in [0.2, 0.25) is 0 Å². The van der Waals surface area contributed by atoms with Gasteiger partial charge < -0.3 is 15.4 Å². The van der Waals surface area contributed by atoms with Crippen molar-refractivity contribution in [3.8, 4) is 5.75 Å². The molecule has 19 heavy (non-hydrogen) atoms. The van der Waals surface area contributed by atoms with Gasteiger partial charge in [-0.1, -0.05) is 19.9 Å². The number of anilines is 1. The quantitative estimate of drug-likeness (QED) is 0.854. The summed E-state index contributed by atoms with van der Waals surface area (Å²) >= 11 is 0. The average molecular weight is 262 g/mol. The van der Waals surface area contributed by atoms with Crippen molar-refractivity contribution in [2.24, 2.45) is 11.7 Å². The molecule has 106 valence electrons. The summed E-state index contributed by atoms with van der Waals surface area (Å²) in [4.78, 5) is 2.52. The van der Waals surface area contributed by atoms with E-state index >= 15 is 0 Å². The van der Waals surface area contributed by atoms with E-state index in [1.165, 1.54) is 18.5 Å². The van der Waals surface area contributed by atoms with E-state index in [2.05, 4.69) is 30.9 Å². The van der Waals surface area contributed by atoms with Gasteiger partial charge in [-0.2, -0.15) is 0 Å². The van der Waals surface area contributed by atoms with E-state index in [1.807, 2.05) is 13.0 Å². The van der Waals surface area contributed by atoms with Crippen molar-refractivity contribution >= 4 is 5.69 Å². The van der Waals surface area contributed by atoms with Gasteiger partial charge >= 0.3 is 0 Å². The first-order valence-corrected chi connectivity index (χ1v) is 7.23. The van der Waals surface area contributed by atoms with Crippen molar-refractivity contribution in [3.63, 3.8) is 0 Å². The Bertz CT molecular complexity index is 425. The number of nitrogens with zero attached hydrogens (tertiary/aromatic N) is 1. The Balaban J connectivity index is 2.40. The predicted molar refractivity (Wildman–Crippen MR) is 80.8 cm³/mol. The zero-order valence-electron chi connectivity index (χ0n) is 12.5. The second kappa shape index (κ2) is 5.83. The predicted octanol–water partition coefficient (Wildman–Crippen LogP) is 3.34.